The number of ether oxygens (including phenoxy) is 1. The predicted octanol–water partition coefficient (Wildman–Crippen LogP) is 2.66. The maximum Gasteiger partial charge on any atom is 0.244 e. The van der Waals surface area contributed by atoms with Gasteiger partial charge in [0.15, 0.2) is 0 Å². The van der Waals surface area contributed by atoms with E-state index in [2.05, 4.69) is 5.32 Å². The van der Waals surface area contributed by atoms with Crippen LogP contribution in [0.5, 0.6) is 0 Å². The first kappa shape index (κ1) is 20.0. The van der Waals surface area contributed by atoms with Crippen LogP contribution in [0.15, 0.2) is 48.5 Å². The highest BCUT2D eigenvalue weighted by Crippen LogP contribution is 2.25. The lowest BCUT2D eigenvalue weighted by molar-refractivity contribution is -0.117. The second-order valence-electron chi connectivity index (χ2n) is 6.41. The van der Waals surface area contributed by atoms with Crippen molar-refractivity contribution in [1.29, 1.82) is 0 Å². The maximum atomic E-state index is 14.3. The van der Waals surface area contributed by atoms with E-state index in [-0.39, 0.29) is 18.0 Å². The van der Waals surface area contributed by atoms with Gasteiger partial charge in [0.1, 0.15) is 11.6 Å². The van der Waals surface area contributed by atoms with Crippen molar-refractivity contribution in [2.45, 2.75) is 6.04 Å². The van der Waals surface area contributed by atoms with Gasteiger partial charge in [-0.05, 0) is 29.8 Å². The van der Waals surface area contributed by atoms with Crippen LogP contribution in [0.1, 0.15) is 17.2 Å². The van der Waals surface area contributed by atoms with Gasteiger partial charge in [-0.1, -0.05) is 24.3 Å². The summed E-state index contributed by atoms with van der Waals surface area (Å²) in [5.41, 5.74) is 1.28. The van der Waals surface area contributed by atoms with E-state index in [9.17, 15) is 18.7 Å². The lowest BCUT2D eigenvalue weighted by Gasteiger charge is -2.30. The molecule has 2 N–H and O–H groups in total. The lowest BCUT2D eigenvalue weighted by atomic mass is 10.1. The zero-order chi connectivity index (χ0) is 19.9. The van der Waals surface area contributed by atoms with Crippen LogP contribution in [-0.4, -0.2) is 43.9 Å². The Morgan fingerprint density at radius 1 is 1.18 bits per heavy atom. The van der Waals surface area contributed by atoms with Gasteiger partial charge in [-0.15, -0.1) is 0 Å². The minimum Gasteiger partial charge on any atom is -0.394 e. The highest BCUT2D eigenvalue weighted by Gasteiger charge is 2.19. The lowest BCUT2D eigenvalue weighted by Crippen LogP contribution is -2.37. The van der Waals surface area contributed by atoms with Crippen molar-refractivity contribution in [3.05, 3.63) is 71.3 Å². The molecular weight excluding hydrogens is 366 g/mol. The summed E-state index contributed by atoms with van der Waals surface area (Å²) >= 11 is 0. The van der Waals surface area contributed by atoms with Gasteiger partial charge in [0, 0.05) is 24.7 Å². The molecule has 1 atom stereocenters. The third-order valence-corrected chi connectivity index (χ3v) is 4.54. The fourth-order valence-corrected chi connectivity index (χ4v) is 3.02. The summed E-state index contributed by atoms with van der Waals surface area (Å²) in [6, 6.07) is 9.86. The number of morpholine rings is 1. The van der Waals surface area contributed by atoms with Gasteiger partial charge in [0.05, 0.1) is 31.5 Å². The molecule has 0 saturated carbocycles. The van der Waals surface area contributed by atoms with Crippen molar-refractivity contribution in [1.82, 2.24) is 5.32 Å². The van der Waals surface area contributed by atoms with E-state index in [1.807, 2.05) is 4.90 Å². The van der Waals surface area contributed by atoms with Crippen LogP contribution in [0.25, 0.3) is 6.08 Å². The number of carbonyl (C=O) groups is 1. The SMILES string of the molecule is O=C(/C=C\c1ccccc1F)N[C@@H](CO)c1ccc(F)c(N2CCOCC2)c1. The summed E-state index contributed by atoms with van der Waals surface area (Å²) in [5.74, 6) is -1.29. The Morgan fingerprint density at radius 2 is 1.93 bits per heavy atom. The van der Waals surface area contributed by atoms with Crippen molar-refractivity contribution >= 4 is 17.7 Å². The van der Waals surface area contributed by atoms with Crippen LogP contribution in [-0.2, 0) is 9.53 Å². The smallest absolute Gasteiger partial charge is 0.244 e. The Labute approximate surface area is 162 Å². The van der Waals surface area contributed by atoms with Gasteiger partial charge in [0.25, 0.3) is 0 Å². The molecule has 1 saturated heterocycles. The van der Waals surface area contributed by atoms with Crippen LogP contribution in [0.2, 0.25) is 0 Å². The van der Waals surface area contributed by atoms with Crippen LogP contribution in [0.3, 0.4) is 0 Å². The van der Waals surface area contributed by atoms with E-state index in [0.717, 1.165) is 0 Å². The standard InChI is InChI=1S/C21H22F2N2O3/c22-17-4-2-1-3-15(17)6-8-21(27)24-19(14-26)16-5-7-18(23)20(13-16)25-9-11-28-12-10-25/h1-8,13,19,26H,9-12,14H2,(H,24,27)/b8-6-/t19-/m0/s1. The van der Waals surface area contributed by atoms with Gasteiger partial charge in [0.2, 0.25) is 5.91 Å². The summed E-state index contributed by atoms with van der Waals surface area (Å²) in [7, 11) is 0. The monoisotopic (exact) mass is 388 g/mol. The van der Waals surface area contributed by atoms with Crippen molar-refractivity contribution in [3.8, 4) is 0 Å². The Morgan fingerprint density at radius 3 is 2.64 bits per heavy atom. The molecule has 148 valence electrons. The molecular formula is C21H22F2N2O3. The van der Waals surface area contributed by atoms with E-state index in [1.165, 1.54) is 30.4 Å². The first-order valence-electron chi connectivity index (χ1n) is 9.04. The molecule has 0 bridgehead atoms. The quantitative estimate of drug-likeness (QED) is 0.747. The fraction of sp³-hybridized carbons (Fsp3) is 0.286. The zero-order valence-electron chi connectivity index (χ0n) is 15.3. The molecule has 1 aliphatic heterocycles. The summed E-state index contributed by atoms with van der Waals surface area (Å²) in [4.78, 5) is 14.1. The van der Waals surface area contributed by atoms with Crippen molar-refractivity contribution in [3.63, 3.8) is 0 Å². The largest absolute Gasteiger partial charge is 0.394 e. The Kier molecular flexibility index (Phi) is 6.73. The minimum absolute atomic E-state index is 0.287. The average Bonchev–Trinajstić information content (AvgIpc) is 2.72. The molecule has 1 amide bonds. The Balaban J connectivity index is 1.72. The molecule has 0 unspecified atom stereocenters. The molecule has 0 aromatic heterocycles. The third kappa shape index (κ3) is 4.94. The molecule has 7 heteroatoms. The van der Waals surface area contributed by atoms with Crippen molar-refractivity contribution in [2.24, 2.45) is 0 Å². The molecule has 0 radical (unpaired) electrons. The number of hydrogen-bond donors (Lipinski definition) is 2. The van der Waals surface area contributed by atoms with E-state index in [1.54, 1.807) is 24.3 Å². The number of hydrogen-bond acceptors (Lipinski definition) is 4. The van der Waals surface area contributed by atoms with Gasteiger partial charge in [-0.2, -0.15) is 0 Å². The molecule has 0 aliphatic carbocycles. The number of nitrogens with zero attached hydrogens (tertiary/aromatic N) is 1. The van der Waals surface area contributed by atoms with Crippen molar-refractivity contribution < 1.29 is 23.4 Å². The fourth-order valence-electron chi connectivity index (χ4n) is 3.02. The number of rotatable bonds is 6. The van der Waals surface area contributed by atoms with E-state index in [4.69, 9.17) is 4.74 Å². The third-order valence-electron chi connectivity index (χ3n) is 4.54. The summed E-state index contributed by atoms with van der Waals surface area (Å²) in [6.07, 6.45) is 2.57. The Bertz CT molecular complexity index is 851. The minimum atomic E-state index is -0.710. The molecule has 5 nitrogen and oxygen atoms in total. The predicted molar refractivity (Wildman–Crippen MR) is 103 cm³/mol. The molecule has 1 heterocycles. The second-order valence-corrected chi connectivity index (χ2v) is 6.41. The molecule has 2 aromatic carbocycles. The Hall–Kier alpha value is -2.77. The number of anilines is 1. The highest BCUT2D eigenvalue weighted by atomic mass is 19.1. The zero-order valence-corrected chi connectivity index (χ0v) is 15.3. The number of amides is 1. The first-order chi connectivity index (χ1) is 13.6. The maximum absolute atomic E-state index is 14.3. The molecule has 2 aromatic rings. The van der Waals surface area contributed by atoms with Crippen LogP contribution >= 0.6 is 0 Å². The normalized spacial score (nSPS) is 15.6. The number of halogens is 2. The molecule has 3 rings (SSSR count). The molecule has 0 spiro atoms. The summed E-state index contributed by atoms with van der Waals surface area (Å²) < 4.78 is 33.2. The van der Waals surface area contributed by atoms with E-state index in [0.29, 0.717) is 37.6 Å². The number of benzene rings is 2. The number of aliphatic hydroxyl groups is 1. The average molecular weight is 388 g/mol. The number of aliphatic hydroxyl groups excluding tert-OH is 1. The van der Waals surface area contributed by atoms with Gasteiger partial charge in [-0.25, -0.2) is 8.78 Å². The van der Waals surface area contributed by atoms with Gasteiger partial charge in [-0.3, -0.25) is 4.79 Å². The van der Waals surface area contributed by atoms with Gasteiger partial charge >= 0.3 is 0 Å². The molecule has 1 aliphatic rings. The van der Waals surface area contributed by atoms with Gasteiger partial charge < -0.3 is 20.1 Å². The van der Waals surface area contributed by atoms with Crippen LogP contribution < -0.4 is 10.2 Å². The van der Waals surface area contributed by atoms with E-state index < -0.39 is 17.8 Å². The highest BCUT2D eigenvalue weighted by molar-refractivity contribution is 5.92. The summed E-state index contributed by atoms with van der Waals surface area (Å²) in [5, 5.41) is 12.4. The topological polar surface area (TPSA) is 61.8 Å². The van der Waals surface area contributed by atoms with E-state index >= 15 is 0 Å². The molecule has 1 fully saturated rings. The van der Waals surface area contributed by atoms with Crippen LogP contribution in [0, 0.1) is 11.6 Å². The molecule has 28 heavy (non-hydrogen) atoms. The second kappa shape index (κ2) is 9.43. The number of nitrogens with one attached hydrogen (secondary N) is 1. The van der Waals surface area contributed by atoms with Crippen LogP contribution in [0.4, 0.5) is 14.5 Å². The van der Waals surface area contributed by atoms with Crippen molar-refractivity contribution in [2.75, 3.05) is 37.8 Å². The number of carbonyl (C=O) groups excluding carboxylic acids is 1. The summed E-state index contributed by atoms with van der Waals surface area (Å²) in [6.45, 7) is 1.83. The first-order valence-corrected chi connectivity index (χ1v) is 9.04.